The van der Waals surface area contributed by atoms with Gasteiger partial charge in [0.25, 0.3) is 0 Å². The Balaban J connectivity index is 2.12. The molecule has 0 radical (unpaired) electrons. The van der Waals surface area contributed by atoms with Gasteiger partial charge in [0.1, 0.15) is 5.52 Å². The summed E-state index contributed by atoms with van der Waals surface area (Å²) in [6.45, 7) is 2.71. The van der Waals surface area contributed by atoms with Gasteiger partial charge in [-0.05, 0) is 19.2 Å². The van der Waals surface area contributed by atoms with Crippen molar-refractivity contribution in [1.82, 2.24) is 9.88 Å². The highest BCUT2D eigenvalue weighted by Crippen LogP contribution is 2.41. The molecule has 1 saturated heterocycles. The molecule has 1 aromatic carbocycles. The van der Waals surface area contributed by atoms with E-state index in [0.717, 1.165) is 17.8 Å². The first-order valence-electron chi connectivity index (χ1n) is 6.33. The van der Waals surface area contributed by atoms with Gasteiger partial charge in [0, 0.05) is 26.2 Å². The fourth-order valence-electron chi connectivity index (χ4n) is 2.50. The van der Waals surface area contributed by atoms with E-state index >= 15 is 0 Å². The molecule has 1 aliphatic rings. The van der Waals surface area contributed by atoms with Crippen molar-refractivity contribution in [2.24, 2.45) is 0 Å². The molecule has 108 valence electrons. The molecule has 1 aliphatic heterocycles. The molecule has 1 aromatic heterocycles. The van der Waals surface area contributed by atoms with Gasteiger partial charge in [-0.2, -0.15) is 13.2 Å². The van der Waals surface area contributed by atoms with E-state index in [1.165, 1.54) is 23.5 Å². The lowest BCUT2D eigenvalue weighted by Crippen LogP contribution is -2.45. The second-order valence-corrected chi connectivity index (χ2v) is 5.84. The van der Waals surface area contributed by atoms with E-state index in [9.17, 15) is 13.2 Å². The van der Waals surface area contributed by atoms with Crippen LogP contribution in [0.2, 0.25) is 0 Å². The summed E-state index contributed by atoms with van der Waals surface area (Å²) in [6.07, 6.45) is -4.35. The Morgan fingerprint density at radius 2 is 1.85 bits per heavy atom. The van der Waals surface area contributed by atoms with Crippen molar-refractivity contribution in [3.05, 3.63) is 23.2 Å². The van der Waals surface area contributed by atoms with E-state index in [4.69, 9.17) is 0 Å². The largest absolute Gasteiger partial charge is 0.418 e. The van der Waals surface area contributed by atoms with E-state index in [1.54, 1.807) is 5.51 Å². The number of likely N-dealkylation sites (N-methyl/N-ethyl adjacent to an activating group) is 1. The molecule has 0 bridgehead atoms. The smallest absolute Gasteiger partial charge is 0.367 e. The highest BCUT2D eigenvalue weighted by molar-refractivity contribution is 7.16. The van der Waals surface area contributed by atoms with Crippen molar-refractivity contribution in [3.63, 3.8) is 0 Å². The highest BCUT2D eigenvalue weighted by atomic mass is 32.1. The van der Waals surface area contributed by atoms with Gasteiger partial charge in [-0.15, -0.1) is 11.3 Å². The predicted molar refractivity (Wildman–Crippen MR) is 74.3 cm³/mol. The maximum absolute atomic E-state index is 13.3. The standard InChI is InChI=1S/C13H14F3N3S/c1-18-4-6-19(7-5-18)12-9(13(14,15)16)2-3-10-11(12)17-8-20-10/h2-3,8H,4-7H2,1H3. The van der Waals surface area contributed by atoms with Crippen LogP contribution in [-0.2, 0) is 6.18 Å². The third-order valence-electron chi connectivity index (χ3n) is 3.60. The minimum atomic E-state index is -4.35. The molecule has 3 rings (SSSR count). The normalized spacial score (nSPS) is 17.9. The van der Waals surface area contributed by atoms with Crippen molar-refractivity contribution >= 4 is 27.2 Å². The van der Waals surface area contributed by atoms with Crippen LogP contribution in [0.15, 0.2) is 17.6 Å². The Morgan fingerprint density at radius 3 is 2.50 bits per heavy atom. The average Bonchev–Trinajstić information content (AvgIpc) is 2.85. The average molecular weight is 301 g/mol. The summed E-state index contributed by atoms with van der Waals surface area (Å²) in [6, 6.07) is 2.68. The Morgan fingerprint density at radius 1 is 1.15 bits per heavy atom. The fraction of sp³-hybridized carbons (Fsp3) is 0.462. The Labute approximate surface area is 118 Å². The summed E-state index contributed by atoms with van der Waals surface area (Å²) in [7, 11) is 1.98. The van der Waals surface area contributed by atoms with Crippen molar-refractivity contribution in [3.8, 4) is 0 Å². The number of rotatable bonds is 1. The van der Waals surface area contributed by atoms with Crippen LogP contribution >= 0.6 is 11.3 Å². The highest BCUT2D eigenvalue weighted by Gasteiger charge is 2.36. The van der Waals surface area contributed by atoms with Crippen LogP contribution in [0.25, 0.3) is 10.2 Å². The number of fused-ring (bicyclic) bond motifs is 1. The third kappa shape index (κ3) is 2.35. The van der Waals surface area contributed by atoms with Crippen LogP contribution < -0.4 is 4.90 Å². The van der Waals surface area contributed by atoms with Gasteiger partial charge in [0.2, 0.25) is 0 Å². The van der Waals surface area contributed by atoms with Gasteiger partial charge < -0.3 is 9.80 Å². The first kappa shape index (κ1) is 13.6. The maximum atomic E-state index is 13.3. The number of hydrogen-bond donors (Lipinski definition) is 0. The van der Waals surface area contributed by atoms with Crippen molar-refractivity contribution in [2.75, 3.05) is 38.1 Å². The Hall–Kier alpha value is -1.34. The molecule has 0 saturated carbocycles. The van der Waals surface area contributed by atoms with Crippen LogP contribution in [0.5, 0.6) is 0 Å². The van der Waals surface area contributed by atoms with Crippen molar-refractivity contribution in [1.29, 1.82) is 0 Å². The number of aromatic nitrogens is 1. The minimum Gasteiger partial charge on any atom is -0.367 e. The van der Waals surface area contributed by atoms with Gasteiger partial charge in [-0.3, -0.25) is 0 Å². The van der Waals surface area contributed by atoms with Crippen LogP contribution in [0.4, 0.5) is 18.9 Å². The maximum Gasteiger partial charge on any atom is 0.418 e. The van der Waals surface area contributed by atoms with Crippen molar-refractivity contribution < 1.29 is 13.2 Å². The molecule has 0 spiro atoms. The molecule has 0 aliphatic carbocycles. The van der Waals surface area contributed by atoms with Crippen LogP contribution in [-0.4, -0.2) is 43.1 Å². The minimum absolute atomic E-state index is 0.240. The second kappa shape index (κ2) is 4.89. The number of alkyl halides is 3. The van der Waals surface area contributed by atoms with Gasteiger partial charge in [-0.1, -0.05) is 0 Å². The van der Waals surface area contributed by atoms with E-state index in [1.807, 2.05) is 11.9 Å². The molecule has 2 aromatic rings. The second-order valence-electron chi connectivity index (χ2n) is 4.95. The molecule has 0 atom stereocenters. The number of nitrogens with zero attached hydrogens (tertiary/aromatic N) is 3. The SMILES string of the molecule is CN1CCN(c2c(C(F)(F)F)ccc3scnc23)CC1. The Kier molecular flexibility index (Phi) is 3.33. The van der Waals surface area contributed by atoms with Crippen LogP contribution in [0.3, 0.4) is 0 Å². The summed E-state index contributed by atoms with van der Waals surface area (Å²) >= 11 is 1.37. The van der Waals surface area contributed by atoms with Crippen LogP contribution in [0, 0.1) is 0 Å². The quantitative estimate of drug-likeness (QED) is 0.807. The first-order valence-corrected chi connectivity index (χ1v) is 7.21. The van der Waals surface area contributed by atoms with Gasteiger partial charge >= 0.3 is 6.18 Å². The summed E-state index contributed by atoms with van der Waals surface area (Å²) in [5.74, 6) is 0. The summed E-state index contributed by atoms with van der Waals surface area (Å²) in [4.78, 5) is 8.08. The molecule has 0 N–H and O–H groups in total. The molecule has 7 heteroatoms. The van der Waals surface area contributed by atoms with E-state index in [-0.39, 0.29) is 5.69 Å². The zero-order chi connectivity index (χ0) is 14.3. The fourth-order valence-corrected chi connectivity index (χ4v) is 3.18. The monoisotopic (exact) mass is 301 g/mol. The summed E-state index contributed by atoms with van der Waals surface area (Å²) in [5, 5.41) is 0. The molecule has 0 unspecified atom stereocenters. The molecule has 2 heterocycles. The molecular formula is C13H14F3N3S. The number of halogens is 3. The predicted octanol–water partition coefficient (Wildman–Crippen LogP) is 3.07. The van der Waals surface area contributed by atoms with Crippen LogP contribution in [0.1, 0.15) is 5.56 Å². The number of hydrogen-bond acceptors (Lipinski definition) is 4. The number of piperazine rings is 1. The summed E-state index contributed by atoms with van der Waals surface area (Å²) in [5.41, 5.74) is 1.73. The number of anilines is 1. The lowest BCUT2D eigenvalue weighted by atomic mass is 10.1. The zero-order valence-corrected chi connectivity index (χ0v) is 11.8. The molecule has 3 nitrogen and oxygen atoms in total. The van der Waals surface area contributed by atoms with Crippen molar-refractivity contribution in [2.45, 2.75) is 6.18 Å². The topological polar surface area (TPSA) is 19.4 Å². The van der Waals surface area contributed by atoms with E-state index < -0.39 is 11.7 Å². The molecule has 1 fully saturated rings. The van der Waals surface area contributed by atoms with Gasteiger partial charge in [-0.25, -0.2) is 4.98 Å². The van der Waals surface area contributed by atoms with E-state index in [2.05, 4.69) is 9.88 Å². The molecular weight excluding hydrogens is 287 g/mol. The lowest BCUT2D eigenvalue weighted by molar-refractivity contribution is -0.137. The molecule has 0 amide bonds. The Bertz CT molecular complexity index is 615. The third-order valence-corrected chi connectivity index (χ3v) is 4.39. The van der Waals surface area contributed by atoms with Gasteiger partial charge in [0.15, 0.2) is 0 Å². The van der Waals surface area contributed by atoms with E-state index in [0.29, 0.717) is 18.6 Å². The van der Waals surface area contributed by atoms with Gasteiger partial charge in [0.05, 0.1) is 21.5 Å². The zero-order valence-electron chi connectivity index (χ0n) is 10.9. The number of thiazole rings is 1. The first-order chi connectivity index (χ1) is 9.47. The summed E-state index contributed by atoms with van der Waals surface area (Å²) < 4.78 is 40.6. The molecule has 20 heavy (non-hydrogen) atoms. The number of benzene rings is 1. The lowest BCUT2D eigenvalue weighted by Gasteiger charge is -2.35.